The molecule has 4 aromatic rings. The third-order valence-electron chi connectivity index (χ3n) is 4.36. The molecule has 0 aliphatic rings. The molecule has 0 amide bonds. The van der Waals surface area contributed by atoms with Gasteiger partial charge in [0.05, 0.1) is 11.9 Å². The molecule has 3 aromatic carbocycles. The lowest BCUT2D eigenvalue weighted by molar-refractivity contribution is 0.306. The second-order valence-corrected chi connectivity index (χ2v) is 7.41. The first-order valence-electron chi connectivity index (χ1n) is 9.35. The van der Waals surface area contributed by atoms with Gasteiger partial charge in [0.2, 0.25) is 5.13 Å². The maximum absolute atomic E-state index is 5.89. The second-order valence-electron chi connectivity index (χ2n) is 6.55. The maximum Gasteiger partial charge on any atom is 0.203 e. The fourth-order valence-electron chi connectivity index (χ4n) is 2.91. The molecule has 0 atom stereocenters. The highest BCUT2D eigenvalue weighted by Gasteiger charge is 2.04. The highest BCUT2D eigenvalue weighted by Crippen LogP contribution is 2.25. The van der Waals surface area contributed by atoms with E-state index in [2.05, 4.69) is 45.8 Å². The van der Waals surface area contributed by atoms with Gasteiger partial charge in [0.25, 0.3) is 0 Å². The molecular formula is C24H21N3OS. The number of aryl methyl sites for hydroxylation is 1. The van der Waals surface area contributed by atoms with E-state index in [0.717, 1.165) is 38.8 Å². The molecule has 0 aliphatic heterocycles. The highest BCUT2D eigenvalue weighted by atomic mass is 32.1. The number of rotatable bonds is 7. The van der Waals surface area contributed by atoms with Crippen LogP contribution in [0, 0.1) is 6.92 Å². The molecule has 0 unspecified atom stereocenters. The smallest absolute Gasteiger partial charge is 0.203 e. The van der Waals surface area contributed by atoms with Crippen molar-refractivity contribution in [1.29, 1.82) is 0 Å². The van der Waals surface area contributed by atoms with Crippen molar-refractivity contribution in [1.82, 2.24) is 4.98 Å². The lowest BCUT2D eigenvalue weighted by atomic mass is 10.0. The van der Waals surface area contributed by atoms with Crippen molar-refractivity contribution in [2.45, 2.75) is 13.5 Å². The first-order chi connectivity index (χ1) is 14.3. The Morgan fingerprint density at radius 3 is 2.48 bits per heavy atom. The number of nitrogens with one attached hydrogen (secondary N) is 1. The van der Waals surface area contributed by atoms with Crippen molar-refractivity contribution in [3.05, 3.63) is 101 Å². The number of nitrogens with zero attached hydrogens (tertiary/aromatic N) is 2. The van der Waals surface area contributed by atoms with Crippen LogP contribution in [0.1, 0.15) is 16.8 Å². The zero-order chi connectivity index (χ0) is 19.9. The fourth-order valence-corrected chi connectivity index (χ4v) is 3.54. The summed E-state index contributed by atoms with van der Waals surface area (Å²) in [6, 6.07) is 26.5. The molecule has 1 heterocycles. The molecule has 29 heavy (non-hydrogen) atoms. The summed E-state index contributed by atoms with van der Waals surface area (Å²) in [5.41, 5.74) is 8.40. The third kappa shape index (κ3) is 5.09. The van der Waals surface area contributed by atoms with Gasteiger partial charge in [0.1, 0.15) is 12.4 Å². The minimum absolute atomic E-state index is 0.561. The Hall–Kier alpha value is -3.44. The van der Waals surface area contributed by atoms with E-state index in [1.165, 1.54) is 11.3 Å². The fraction of sp³-hybridized carbons (Fsp3) is 0.0833. The summed E-state index contributed by atoms with van der Waals surface area (Å²) in [5, 5.41) is 7.12. The predicted molar refractivity (Wildman–Crippen MR) is 121 cm³/mol. The molecule has 144 valence electrons. The number of hydrazone groups is 1. The van der Waals surface area contributed by atoms with Crippen molar-refractivity contribution in [3.63, 3.8) is 0 Å². The summed E-state index contributed by atoms with van der Waals surface area (Å²) in [6.45, 7) is 2.53. The molecule has 0 fully saturated rings. The van der Waals surface area contributed by atoms with Crippen LogP contribution in [0.4, 0.5) is 5.13 Å². The van der Waals surface area contributed by atoms with Crippen LogP contribution < -0.4 is 10.2 Å². The minimum atomic E-state index is 0.561. The zero-order valence-corrected chi connectivity index (χ0v) is 16.9. The van der Waals surface area contributed by atoms with Crippen LogP contribution in [-0.4, -0.2) is 11.2 Å². The van der Waals surface area contributed by atoms with Crippen LogP contribution >= 0.6 is 11.3 Å². The Labute approximate surface area is 174 Å². The standard InChI is InChI=1S/C24H21N3OS/c1-18-17-29-24(26-18)27-25-15-21-9-5-6-10-23(21)20-11-13-22(14-12-20)28-16-19-7-3-2-4-8-19/h2-15,17H,16H2,1H3,(H,26,27). The number of aromatic nitrogens is 1. The van der Waals surface area contributed by atoms with Crippen LogP contribution in [0.5, 0.6) is 5.75 Å². The SMILES string of the molecule is Cc1csc(NN=Cc2ccccc2-c2ccc(OCc3ccccc3)cc2)n1. The first-order valence-corrected chi connectivity index (χ1v) is 10.2. The van der Waals surface area contributed by atoms with Gasteiger partial charge in [-0.05, 0) is 35.7 Å². The number of ether oxygens (including phenoxy) is 1. The summed E-state index contributed by atoms with van der Waals surface area (Å²) in [4.78, 5) is 4.35. The molecule has 5 heteroatoms. The summed E-state index contributed by atoms with van der Waals surface area (Å²) in [7, 11) is 0. The van der Waals surface area contributed by atoms with Crippen LogP contribution in [-0.2, 0) is 6.61 Å². The van der Waals surface area contributed by atoms with Crippen molar-refractivity contribution in [2.75, 3.05) is 5.43 Å². The van der Waals surface area contributed by atoms with Crippen LogP contribution in [0.3, 0.4) is 0 Å². The van der Waals surface area contributed by atoms with Gasteiger partial charge in [-0.1, -0.05) is 66.7 Å². The topological polar surface area (TPSA) is 46.5 Å². The molecule has 1 N–H and O–H groups in total. The van der Waals surface area contributed by atoms with Gasteiger partial charge in [-0.3, -0.25) is 5.43 Å². The number of thiazole rings is 1. The Balaban J connectivity index is 1.45. The van der Waals surface area contributed by atoms with Gasteiger partial charge >= 0.3 is 0 Å². The summed E-state index contributed by atoms with van der Waals surface area (Å²) < 4.78 is 5.89. The molecule has 0 spiro atoms. The molecule has 4 nitrogen and oxygen atoms in total. The van der Waals surface area contributed by atoms with Crippen molar-refractivity contribution >= 4 is 22.7 Å². The molecule has 4 rings (SSSR count). The van der Waals surface area contributed by atoms with Crippen LogP contribution in [0.2, 0.25) is 0 Å². The normalized spacial score (nSPS) is 10.9. The van der Waals surface area contributed by atoms with Crippen LogP contribution in [0.15, 0.2) is 89.3 Å². The van der Waals surface area contributed by atoms with E-state index in [1.807, 2.05) is 67.0 Å². The molecule has 0 aliphatic carbocycles. The van der Waals surface area contributed by atoms with Gasteiger partial charge < -0.3 is 4.74 Å². The van der Waals surface area contributed by atoms with E-state index < -0.39 is 0 Å². The summed E-state index contributed by atoms with van der Waals surface area (Å²) in [5.74, 6) is 0.851. The lowest BCUT2D eigenvalue weighted by Gasteiger charge is -2.09. The average molecular weight is 400 g/mol. The molecule has 0 saturated heterocycles. The second kappa shape index (κ2) is 9.17. The molecule has 0 radical (unpaired) electrons. The Morgan fingerprint density at radius 2 is 1.72 bits per heavy atom. The maximum atomic E-state index is 5.89. The average Bonchev–Trinajstić information content (AvgIpc) is 3.19. The minimum Gasteiger partial charge on any atom is -0.489 e. The molecule has 0 bridgehead atoms. The van der Waals surface area contributed by atoms with Gasteiger partial charge in [-0.2, -0.15) is 5.10 Å². The monoisotopic (exact) mass is 399 g/mol. The van der Waals surface area contributed by atoms with E-state index in [0.29, 0.717) is 6.61 Å². The van der Waals surface area contributed by atoms with E-state index in [4.69, 9.17) is 4.74 Å². The number of anilines is 1. The highest BCUT2D eigenvalue weighted by molar-refractivity contribution is 7.13. The third-order valence-corrected chi connectivity index (χ3v) is 5.22. The largest absolute Gasteiger partial charge is 0.489 e. The van der Waals surface area contributed by atoms with Gasteiger partial charge in [0, 0.05) is 10.9 Å². The Bertz CT molecular complexity index is 1090. The van der Waals surface area contributed by atoms with E-state index in [-0.39, 0.29) is 0 Å². The predicted octanol–water partition coefficient (Wildman–Crippen LogP) is 6.14. The van der Waals surface area contributed by atoms with Gasteiger partial charge in [-0.15, -0.1) is 11.3 Å². The zero-order valence-electron chi connectivity index (χ0n) is 16.1. The lowest BCUT2D eigenvalue weighted by Crippen LogP contribution is -1.95. The number of hydrogen-bond donors (Lipinski definition) is 1. The Kier molecular flexibility index (Phi) is 5.98. The van der Waals surface area contributed by atoms with Gasteiger partial charge in [0.15, 0.2) is 0 Å². The summed E-state index contributed by atoms with van der Waals surface area (Å²) in [6.07, 6.45) is 1.83. The Morgan fingerprint density at radius 1 is 0.966 bits per heavy atom. The molecular weight excluding hydrogens is 378 g/mol. The van der Waals surface area contributed by atoms with Crippen molar-refractivity contribution in [2.24, 2.45) is 5.10 Å². The summed E-state index contributed by atoms with van der Waals surface area (Å²) >= 11 is 1.54. The quantitative estimate of drug-likeness (QED) is 0.300. The number of hydrogen-bond acceptors (Lipinski definition) is 5. The van der Waals surface area contributed by atoms with E-state index in [1.54, 1.807) is 0 Å². The van der Waals surface area contributed by atoms with E-state index in [9.17, 15) is 0 Å². The van der Waals surface area contributed by atoms with Crippen molar-refractivity contribution in [3.8, 4) is 16.9 Å². The van der Waals surface area contributed by atoms with Gasteiger partial charge in [-0.25, -0.2) is 4.98 Å². The molecule has 1 aromatic heterocycles. The van der Waals surface area contributed by atoms with E-state index >= 15 is 0 Å². The first kappa shape index (κ1) is 18.9. The van der Waals surface area contributed by atoms with Crippen LogP contribution in [0.25, 0.3) is 11.1 Å². The number of benzene rings is 3. The van der Waals surface area contributed by atoms with Crippen molar-refractivity contribution < 1.29 is 4.74 Å². The molecule has 0 saturated carbocycles.